The van der Waals surface area contributed by atoms with Gasteiger partial charge in [0.15, 0.2) is 0 Å². The van der Waals surface area contributed by atoms with Gasteiger partial charge in [0, 0.05) is 20.3 Å². The Bertz CT molecular complexity index is 929. The van der Waals surface area contributed by atoms with Crippen LogP contribution < -0.4 is 4.74 Å². The van der Waals surface area contributed by atoms with Gasteiger partial charge < -0.3 is 14.2 Å². The first kappa shape index (κ1) is 20.8. The standard InChI is InChI=1S/C21H20ClNO6/c1-27-10-4-9-23-19(24)15-8-7-14(13-16(15)20(23)25)21(26)29-12-11-28-18-6-3-2-5-17(18)22/h2-3,5-8,13H,4,9-12H2,1H3. The van der Waals surface area contributed by atoms with Crippen molar-refractivity contribution in [1.82, 2.24) is 4.90 Å². The maximum Gasteiger partial charge on any atom is 0.338 e. The van der Waals surface area contributed by atoms with Crippen LogP contribution in [-0.4, -0.2) is 56.2 Å². The van der Waals surface area contributed by atoms with E-state index in [0.29, 0.717) is 23.8 Å². The SMILES string of the molecule is COCCCN1C(=O)c2ccc(C(=O)OCCOc3ccccc3Cl)cc2C1=O. The Morgan fingerprint density at radius 1 is 1.00 bits per heavy atom. The number of methoxy groups -OCH3 is 1. The first-order valence-corrected chi connectivity index (χ1v) is 9.44. The summed E-state index contributed by atoms with van der Waals surface area (Å²) in [5, 5.41) is 0.468. The molecule has 0 spiro atoms. The summed E-state index contributed by atoms with van der Waals surface area (Å²) in [5.41, 5.74) is 0.682. The predicted molar refractivity (Wildman–Crippen MR) is 106 cm³/mol. The van der Waals surface area contributed by atoms with Gasteiger partial charge in [0.1, 0.15) is 19.0 Å². The molecule has 1 aliphatic heterocycles. The van der Waals surface area contributed by atoms with E-state index in [-0.39, 0.29) is 42.4 Å². The quantitative estimate of drug-likeness (QED) is 0.354. The largest absolute Gasteiger partial charge is 0.488 e. The summed E-state index contributed by atoms with van der Waals surface area (Å²) in [6.45, 7) is 0.850. The molecule has 3 rings (SSSR count). The average Bonchev–Trinajstić information content (AvgIpc) is 2.96. The number of nitrogens with zero attached hydrogens (tertiary/aromatic N) is 1. The first-order valence-electron chi connectivity index (χ1n) is 9.06. The fraction of sp³-hybridized carbons (Fsp3) is 0.286. The Hall–Kier alpha value is -2.90. The van der Waals surface area contributed by atoms with Gasteiger partial charge in [-0.25, -0.2) is 4.79 Å². The van der Waals surface area contributed by atoms with Crippen molar-refractivity contribution in [2.45, 2.75) is 6.42 Å². The molecule has 2 aromatic carbocycles. The van der Waals surface area contributed by atoms with Gasteiger partial charge in [0.2, 0.25) is 0 Å². The number of imide groups is 1. The molecule has 29 heavy (non-hydrogen) atoms. The van der Waals surface area contributed by atoms with Crippen LogP contribution in [0.25, 0.3) is 0 Å². The number of benzene rings is 2. The number of esters is 1. The molecule has 0 atom stereocenters. The zero-order chi connectivity index (χ0) is 20.8. The Kier molecular flexibility index (Phi) is 6.85. The second-order valence-electron chi connectivity index (χ2n) is 6.28. The molecule has 0 N–H and O–H groups in total. The molecule has 1 heterocycles. The molecular formula is C21H20ClNO6. The summed E-state index contributed by atoms with van der Waals surface area (Å²) in [6.07, 6.45) is 0.544. The van der Waals surface area contributed by atoms with Crippen LogP contribution >= 0.6 is 11.6 Å². The molecule has 2 amide bonds. The zero-order valence-electron chi connectivity index (χ0n) is 15.9. The van der Waals surface area contributed by atoms with Crippen molar-refractivity contribution < 1.29 is 28.6 Å². The Morgan fingerprint density at radius 3 is 2.52 bits per heavy atom. The van der Waals surface area contributed by atoms with E-state index in [2.05, 4.69) is 0 Å². The minimum atomic E-state index is -0.603. The second-order valence-corrected chi connectivity index (χ2v) is 6.69. The lowest BCUT2D eigenvalue weighted by Crippen LogP contribution is -2.31. The molecule has 0 saturated heterocycles. The van der Waals surface area contributed by atoms with E-state index >= 15 is 0 Å². The van der Waals surface area contributed by atoms with Crippen LogP contribution in [0.1, 0.15) is 37.5 Å². The lowest BCUT2D eigenvalue weighted by molar-refractivity contribution is 0.0450. The van der Waals surface area contributed by atoms with E-state index in [9.17, 15) is 14.4 Å². The summed E-state index contributed by atoms with van der Waals surface area (Å²) in [4.78, 5) is 38.3. The van der Waals surface area contributed by atoms with E-state index in [1.807, 2.05) is 0 Å². The molecule has 0 fully saturated rings. The molecule has 0 bridgehead atoms. The summed E-state index contributed by atoms with van der Waals surface area (Å²) in [5.74, 6) is -0.888. The van der Waals surface area contributed by atoms with Crippen molar-refractivity contribution >= 4 is 29.4 Å². The number of carbonyl (C=O) groups is 3. The van der Waals surface area contributed by atoms with Gasteiger partial charge in [-0.1, -0.05) is 23.7 Å². The van der Waals surface area contributed by atoms with E-state index in [4.69, 9.17) is 25.8 Å². The van der Waals surface area contributed by atoms with Gasteiger partial charge in [-0.15, -0.1) is 0 Å². The molecule has 0 saturated carbocycles. The monoisotopic (exact) mass is 417 g/mol. The number of rotatable bonds is 9. The third-order valence-corrected chi connectivity index (χ3v) is 4.66. The average molecular weight is 418 g/mol. The molecular weight excluding hydrogens is 398 g/mol. The van der Waals surface area contributed by atoms with Gasteiger partial charge in [0.05, 0.1) is 21.7 Å². The van der Waals surface area contributed by atoms with Gasteiger partial charge in [-0.2, -0.15) is 0 Å². The number of amides is 2. The van der Waals surface area contributed by atoms with Crippen LogP contribution in [0.3, 0.4) is 0 Å². The van der Waals surface area contributed by atoms with E-state index < -0.39 is 11.9 Å². The number of para-hydroxylation sites is 1. The predicted octanol–water partition coefficient (Wildman–Crippen LogP) is 3.21. The number of fused-ring (bicyclic) bond motifs is 1. The minimum absolute atomic E-state index is 0.0111. The van der Waals surface area contributed by atoms with Crippen LogP contribution in [-0.2, 0) is 9.47 Å². The van der Waals surface area contributed by atoms with Gasteiger partial charge in [-0.05, 0) is 36.8 Å². The lowest BCUT2D eigenvalue weighted by atomic mass is 10.1. The number of carbonyl (C=O) groups excluding carboxylic acids is 3. The fourth-order valence-electron chi connectivity index (χ4n) is 2.92. The molecule has 7 nitrogen and oxygen atoms in total. The molecule has 0 aliphatic carbocycles. The van der Waals surface area contributed by atoms with Crippen LogP contribution in [0.4, 0.5) is 0 Å². The van der Waals surface area contributed by atoms with Crippen LogP contribution in [0, 0.1) is 0 Å². The van der Waals surface area contributed by atoms with E-state index in [0.717, 1.165) is 4.90 Å². The summed E-state index contributed by atoms with van der Waals surface area (Å²) in [7, 11) is 1.56. The molecule has 0 unspecified atom stereocenters. The second kappa shape index (κ2) is 9.54. The highest BCUT2D eigenvalue weighted by Gasteiger charge is 2.35. The van der Waals surface area contributed by atoms with Gasteiger partial charge >= 0.3 is 5.97 Å². The van der Waals surface area contributed by atoms with E-state index in [1.54, 1.807) is 31.4 Å². The molecule has 2 aromatic rings. The smallest absolute Gasteiger partial charge is 0.338 e. The number of hydrogen-bond donors (Lipinski definition) is 0. The maximum absolute atomic E-state index is 12.5. The van der Waals surface area contributed by atoms with Crippen LogP contribution in [0.5, 0.6) is 5.75 Å². The highest BCUT2D eigenvalue weighted by molar-refractivity contribution is 6.32. The molecule has 1 aliphatic rings. The van der Waals surface area contributed by atoms with Crippen molar-refractivity contribution in [3.05, 3.63) is 64.2 Å². The Morgan fingerprint density at radius 2 is 1.76 bits per heavy atom. The van der Waals surface area contributed by atoms with Crippen molar-refractivity contribution in [1.29, 1.82) is 0 Å². The first-order chi connectivity index (χ1) is 14.0. The highest BCUT2D eigenvalue weighted by atomic mass is 35.5. The molecule has 0 radical (unpaired) electrons. The third-order valence-electron chi connectivity index (χ3n) is 4.35. The summed E-state index contributed by atoms with van der Waals surface area (Å²) < 4.78 is 15.6. The van der Waals surface area contributed by atoms with Gasteiger partial charge in [-0.3, -0.25) is 14.5 Å². The molecule has 0 aromatic heterocycles. The number of halogens is 1. The van der Waals surface area contributed by atoms with Crippen molar-refractivity contribution in [2.24, 2.45) is 0 Å². The molecule has 8 heteroatoms. The maximum atomic E-state index is 12.5. The number of ether oxygens (including phenoxy) is 3. The fourth-order valence-corrected chi connectivity index (χ4v) is 3.11. The highest BCUT2D eigenvalue weighted by Crippen LogP contribution is 2.25. The normalized spacial score (nSPS) is 12.8. The summed E-state index contributed by atoms with van der Waals surface area (Å²) in [6, 6.07) is 11.3. The lowest BCUT2D eigenvalue weighted by Gasteiger charge is -2.12. The zero-order valence-corrected chi connectivity index (χ0v) is 16.6. The molecule has 152 valence electrons. The Labute approximate surface area is 173 Å². The van der Waals surface area contributed by atoms with Crippen LogP contribution in [0.2, 0.25) is 5.02 Å². The Balaban J connectivity index is 1.57. The van der Waals surface area contributed by atoms with E-state index in [1.165, 1.54) is 18.2 Å². The number of hydrogen-bond acceptors (Lipinski definition) is 6. The minimum Gasteiger partial charge on any atom is -0.488 e. The summed E-state index contributed by atoms with van der Waals surface area (Å²) >= 11 is 5.99. The van der Waals surface area contributed by atoms with Crippen molar-refractivity contribution in [2.75, 3.05) is 33.5 Å². The van der Waals surface area contributed by atoms with Crippen molar-refractivity contribution in [3.8, 4) is 5.75 Å². The topological polar surface area (TPSA) is 82.1 Å². The van der Waals surface area contributed by atoms with Gasteiger partial charge in [0.25, 0.3) is 11.8 Å². The van der Waals surface area contributed by atoms with Crippen LogP contribution in [0.15, 0.2) is 42.5 Å². The third kappa shape index (κ3) is 4.75. The van der Waals surface area contributed by atoms with Crippen molar-refractivity contribution in [3.63, 3.8) is 0 Å².